The van der Waals surface area contributed by atoms with Crippen molar-refractivity contribution in [2.75, 3.05) is 12.0 Å². The van der Waals surface area contributed by atoms with E-state index in [-0.39, 0.29) is 22.0 Å². The summed E-state index contributed by atoms with van der Waals surface area (Å²) >= 11 is 11.0. The van der Waals surface area contributed by atoms with E-state index in [9.17, 15) is 22.6 Å². The van der Waals surface area contributed by atoms with Crippen molar-refractivity contribution in [3.8, 4) is 5.75 Å². The van der Waals surface area contributed by atoms with Crippen LogP contribution < -0.4 is 15.0 Å². The van der Waals surface area contributed by atoms with E-state index >= 15 is 0 Å². The minimum atomic E-state index is -4.59. The number of carbonyl (C=O) groups excluding carboxylic acids is 2. The smallest absolute Gasteiger partial charge is 0.298 e. The number of hydrogen-bond donors (Lipinski definition) is 2. The second kappa shape index (κ2) is 7.91. The fraction of sp³-hybridized carbons (Fsp3) is 0.0556. The average molecular weight is 453 g/mol. The average Bonchev–Trinajstić information content (AvgIpc) is 2.65. The van der Waals surface area contributed by atoms with Crippen LogP contribution in [0.2, 0.25) is 5.02 Å². The molecule has 1 aliphatic rings. The molecular weight excluding hydrogens is 440 g/mol. The third kappa shape index (κ3) is 4.30. The lowest BCUT2D eigenvalue weighted by molar-refractivity contribution is -0.122. The first-order chi connectivity index (χ1) is 13.6. The molecule has 3 rings (SSSR count). The summed E-state index contributed by atoms with van der Waals surface area (Å²) in [5.74, 6) is -1.53. The number of ether oxygens (including phenoxy) is 1. The molecule has 2 aromatic rings. The Kier molecular flexibility index (Phi) is 5.71. The third-order valence-electron chi connectivity index (χ3n) is 3.96. The lowest BCUT2D eigenvalue weighted by atomic mass is 10.1. The predicted octanol–water partition coefficient (Wildman–Crippen LogP) is 2.43. The lowest BCUT2D eigenvalue weighted by Gasteiger charge is -2.29. The third-order valence-corrected chi connectivity index (χ3v) is 5.37. The highest BCUT2D eigenvalue weighted by Crippen LogP contribution is 2.27. The lowest BCUT2D eigenvalue weighted by Crippen LogP contribution is -2.54. The molecule has 0 radical (unpaired) electrons. The molecule has 8 nitrogen and oxygen atoms in total. The van der Waals surface area contributed by atoms with Crippen molar-refractivity contribution in [2.45, 2.75) is 4.90 Å². The molecule has 0 atom stereocenters. The second-order valence-corrected chi connectivity index (χ2v) is 8.03. The summed E-state index contributed by atoms with van der Waals surface area (Å²) in [4.78, 5) is 25.9. The Morgan fingerprint density at radius 2 is 1.83 bits per heavy atom. The van der Waals surface area contributed by atoms with Gasteiger partial charge in [0, 0.05) is 5.02 Å². The van der Waals surface area contributed by atoms with Crippen LogP contribution in [0.1, 0.15) is 5.56 Å². The van der Waals surface area contributed by atoms with Crippen LogP contribution in [0.3, 0.4) is 0 Å². The fourth-order valence-corrected chi connectivity index (χ4v) is 3.73. The molecule has 0 bridgehead atoms. The Balaban J connectivity index is 2.06. The van der Waals surface area contributed by atoms with E-state index < -0.39 is 26.8 Å². The summed E-state index contributed by atoms with van der Waals surface area (Å²) in [5.41, 5.74) is 0.296. The number of nitrogens with zero attached hydrogens (tertiary/aromatic N) is 1. The summed E-state index contributed by atoms with van der Waals surface area (Å²) in [6, 6.07) is 10.1. The number of halogens is 1. The summed E-state index contributed by atoms with van der Waals surface area (Å²) in [7, 11) is -3.34. The van der Waals surface area contributed by atoms with Crippen molar-refractivity contribution >= 4 is 62.6 Å². The van der Waals surface area contributed by atoms with Gasteiger partial charge in [-0.25, -0.2) is 0 Å². The van der Waals surface area contributed by atoms with E-state index in [1.54, 1.807) is 24.3 Å². The van der Waals surface area contributed by atoms with Gasteiger partial charge >= 0.3 is 0 Å². The monoisotopic (exact) mass is 452 g/mol. The van der Waals surface area contributed by atoms with Gasteiger partial charge in [0.1, 0.15) is 16.2 Å². The molecule has 0 unspecified atom stereocenters. The van der Waals surface area contributed by atoms with Gasteiger partial charge in [-0.3, -0.25) is 24.4 Å². The molecule has 0 saturated carbocycles. The Labute approximate surface area is 176 Å². The highest BCUT2D eigenvalue weighted by Gasteiger charge is 2.34. The van der Waals surface area contributed by atoms with Gasteiger partial charge in [0.25, 0.3) is 21.9 Å². The van der Waals surface area contributed by atoms with Gasteiger partial charge in [0.05, 0.1) is 12.8 Å². The van der Waals surface area contributed by atoms with E-state index in [0.29, 0.717) is 10.7 Å². The van der Waals surface area contributed by atoms with Gasteiger partial charge in [-0.1, -0.05) is 17.7 Å². The van der Waals surface area contributed by atoms with Crippen molar-refractivity contribution in [1.29, 1.82) is 0 Å². The quantitative estimate of drug-likeness (QED) is 0.317. The van der Waals surface area contributed by atoms with Crippen molar-refractivity contribution < 1.29 is 27.3 Å². The topological polar surface area (TPSA) is 113 Å². The molecular formula is C18H13ClN2O6S2. The first-order valence-corrected chi connectivity index (χ1v) is 10.2. The van der Waals surface area contributed by atoms with Crippen LogP contribution in [0.4, 0.5) is 5.69 Å². The maximum absolute atomic E-state index is 12.9. The number of carbonyl (C=O) groups is 2. The Hall–Kier alpha value is -2.79. The Bertz CT molecular complexity index is 1160. The SMILES string of the molecule is COc1ccc(C=C2C(=O)NC(=S)N(c3ccc(Cl)cc3)C2=O)cc1S(=O)(=O)O. The summed E-state index contributed by atoms with van der Waals surface area (Å²) in [6.07, 6.45) is 1.19. The highest BCUT2D eigenvalue weighted by atomic mass is 35.5. The number of nitrogens with one attached hydrogen (secondary N) is 1. The number of rotatable bonds is 4. The minimum Gasteiger partial charge on any atom is -0.495 e. The van der Waals surface area contributed by atoms with Crippen LogP contribution in [0.15, 0.2) is 52.9 Å². The van der Waals surface area contributed by atoms with E-state index in [1.807, 2.05) is 0 Å². The molecule has 1 saturated heterocycles. The highest BCUT2D eigenvalue weighted by molar-refractivity contribution is 7.86. The van der Waals surface area contributed by atoms with Crippen molar-refractivity contribution in [1.82, 2.24) is 5.32 Å². The molecule has 29 heavy (non-hydrogen) atoms. The maximum Gasteiger partial charge on any atom is 0.298 e. The van der Waals surface area contributed by atoms with Gasteiger partial charge in [0.2, 0.25) is 0 Å². The second-order valence-electron chi connectivity index (χ2n) is 5.82. The number of amides is 2. The van der Waals surface area contributed by atoms with Gasteiger partial charge in [0.15, 0.2) is 5.11 Å². The van der Waals surface area contributed by atoms with Gasteiger partial charge in [-0.15, -0.1) is 0 Å². The molecule has 1 heterocycles. The zero-order valence-electron chi connectivity index (χ0n) is 14.7. The van der Waals surface area contributed by atoms with Crippen molar-refractivity contribution in [3.05, 3.63) is 58.6 Å². The largest absolute Gasteiger partial charge is 0.495 e. The first-order valence-electron chi connectivity index (χ1n) is 7.94. The standard InChI is InChI=1S/C18H13ClN2O6S2/c1-27-14-7-2-10(9-15(14)29(24,25)26)8-13-16(22)20-18(28)21(17(13)23)12-5-3-11(19)4-6-12/h2-9H,1H3,(H,20,22,28)(H,24,25,26). The van der Waals surface area contributed by atoms with Crippen LogP contribution in [-0.4, -0.2) is 37.0 Å². The van der Waals surface area contributed by atoms with E-state index in [2.05, 4.69) is 5.32 Å². The van der Waals surface area contributed by atoms with E-state index in [0.717, 1.165) is 11.0 Å². The van der Waals surface area contributed by atoms with Crippen LogP contribution in [0.25, 0.3) is 6.08 Å². The molecule has 150 valence electrons. The zero-order chi connectivity index (χ0) is 21.3. The fourth-order valence-electron chi connectivity index (χ4n) is 2.63. The van der Waals surface area contributed by atoms with Gasteiger partial charge < -0.3 is 4.74 Å². The molecule has 1 fully saturated rings. The van der Waals surface area contributed by atoms with Crippen molar-refractivity contribution in [3.63, 3.8) is 0 Å². The Morgan fingerprint density at radius 3 is 2.41 bits per heavy atom. The zero-order valence-corrected chi connectivity index (χ0v) is 17.1. The molecule has 0 aliphatic carbocycles. The number of anilines is 1. The normalized spacial score (nSPS) is 16.2. The summed E-state index contributed by atoms with van der Waals surface area (Å²) in [6.45, 7) is 0. The Morgan fingerprint density at radius 1 is 1.17 bits per heavy atom. The first kappa shape index (κ1) is 20.9. The maximum atomic E-state index is 12.9. The van der Waals surface area contributed by atoms with Gasteiger partial charge in [-0.05, 0) is 60.3 Å². The van der Waals surface area contributed by atoms with Crippen LogP contribution in [0.5, 0.6) is 5.75 Å². The molecule has 0 spiro atoms. The van der Waals surface area contributed by atoms with Gasteiger partial charge in [-0.2, -0.15) is 8.42 Å². The van der Waals surface area contributed by atoms with Crippen LogP contribution in [0, 0.1) is 0 Å². The molecule has 2 amide bonds. The molecule has 2 aromatic carbocycles. The van der Waals surface area contributed by atoms with Crippen LogP contribution in [-0.2, 0) is 19.7 Å². The predicted molar refractivity (Wildman–Crippen MR) is 110 cm³/mol. The molecule has 11 heteroatoms. The minimum absolute atomic E-state index is 0.0851. The van der Waals surface area contributed by atoms with E-state index in [4.69, 9.17) is 28.6 Å². The molecule has 2 N–H and O–H groups in total. The van der Waals surface area contributed by atoms with Crippen LogP contribution >= 0.6 is 23.8 Å². The number of benzene rings is 2. The summed E-state index contributed by atoms with van der Waals surface area (Å²) in [5, 5.41) is 2.77. The van der Waals surface area contributed by atoms with Crippen molar-refractivity contribution in [2.24, 2.45) is 0 Å². The molecule has 0 aromatic heterocycles. The number of methoxy groups -OCH3 is 1. The number of hydrogen-bond acceptors (Lipinski definition) is 6. The summed E-state index contributed by atoms with van der Waals surface area (Å²) < 4.78 is 37.4. The van der Waals surface area contributed by atoms with E-state index in [1.165, 1.54) is 25.3 Å². The molecule has 1 aliphatic heterocycles. The number of thiocarbonyl (C=S) groups is 1.